The number of thiazole rings is 1. The van der Waals surface area contributed by atoms with Gasteiger partial charge in [-0.3, -0.25) is 18.5 Å². The average molecular weight is 498 g/mol. The average Bonchev–Trinajstić information content (AvgIpc) is 3.40. The van der Waals surface area contributed by atoms with Crippen molar-refractivity contribution in [2.24, 2.45) is 12.8 Å². The zero-order valence-electron chi connectivity index (χ0n) is 18.9. The van der Waals surface area contributed by atoms with E-state index in [1.54, 1.807) is 30.7 Å². The summed E-state index contributed by atoms with van der Waals surface area (Å²) in [7, 11) is 1.63. The predicted octanol–water partition coefficient (Wildman–Crippen LogP) is 2.16. The SMILES string of the molecule is CC#CCn1c(N2CCCC(N)C2)nc2c1c(=O)n(Cc1nc3cc(Cl)ccc3s1)c(=O)n2C. The molecule has 1 aromatic carbocycles. The van der Waals surface area contributed by atoms with Gasteiger partial charge in [-0.05, 0) is 38.0 Å². The van der Waals surface area contributed by atoms with E-state index in [1.807, 2.05) is 6.07 Å². The summed E-state index contributed by atoms with van der Waals surface area (Å²) in [6, 6.07) is 5.49. The molecule has 1 fully saturated rings. The Morgan fingerprint density at radius 1 is 1.26 bits per heavy atom. The molecule has 0 radical (unpaired) electrons. The molecule has 5 rings (SSSR count). The summed E-state index contributed by atoms with van der Waals surface area (Å²) in [6.45, 7) is 3.53. The Morgan fingerprint density at radius 3 is 2.85 bits per heavy atom. The molecular formula is C23H24ClN7O2S. The summed E-state index contributed by atoms with van der Waals surface area (Å²) < 4.78 is 5.38. The van der Waals surface area contributed by atoms with Gasteiger partial charge < -0.3 is 10.6 Å². The number of halogens is 1. The van der Waals surface area contributed by atoms with Gasteiger partial charge in [0, 0.05) is 31.2 Å². The van der Waals surface area contributed by atoms with Crippen LogP contribution in [0, 0.1) is 11.8 Å². The van der Waals surface area contributed by atoms with E-state index >= 15 is 0 Å². The molecule has 4 aromatic rings. The second-order valence-electron chi connectivity index (χ2n) is 8.40. The first-order valence-electron chi connectivity index (χ1n) is 11.0. The summed E-state index contributed by atoms with van der Waals surface area (Å²) in [5, 5.41) is 1.24. The molecule has 2 N–H and O–H groups in total. The molecule has 34 heavy (non-hydrogen) atoms. The monoisotopic (exact) mass is 497 g/mol. The third kappa shape index (κ3) is 3.90. The number of aryl methyl sites for hydroxylation is 1. The van der Waals surface area contributed by atoms with E-state index in [2.05, 4.69) is 21.7 Å². The van der Waals surface area contributed by atoms with Gasteiger partial charge in [0.15, 0.2) is 11.2 Å². The molecule has 3 aromatic heterocycles. The standard InChI is InChI=1S/C23H24ClN7O2S/c1-3-4-10-30-19-20(27-22(30)29-9-5-6-15(25)12-29)28(2)23(33)31(21(19)32)13-18-26-16-11-14(24)7-8-17(16)34-18/h7-8,11,15H,5-6,9-10,12-13,25H2,1-2H3. The summed E-state index contributed by atoms with van der Waals surface area (Å²) in [6.07, 6.45) is 1.89. The number of nitrogens with two attached hydrogens (primary N) is 1. The minimum absolute atomic E-state index is 0.0345. The molecule has 1 saturated heterocycles. The predicted molar refractivity (Wildman–Crippen MR) is 136 cm³/mol. The first kappa shape index (κ1) is 22.7. The Morgan fingerprint density at radius 2 is 2.09 bits per heavy atom. The van der Waals surface area contributed by atoms with Crippen LogP contribution in [0.15, 0.2) is 27.8 Å². The number of aromatic nitrogens is 5. The second-order valence-corrected chi connectivity index (χ2v) is 9.95. The van der Waals surface area contributed by atoms with Crippen LogP contribution < -0.4 is 21.9 Å². The summed E-state index contributed by atoms with van der Waals surface area (Å²) in [5.41, 5.74) is 6.78. The number of fused-ring (bicyclic) bond motifs is 2. The van der Waals surface area contributed by atoms with Crippen molar-refractivity contribution in [3.05, 3.63) is 49.1 Å². The van der Waals surface area contributed by atoms with Crippen molar-refractivity contribution in [2.45, 2.75) is 38.9 Å². The van der Waals surface area contributed by atoms with Gasteiger partial charge in [0.2, 0.25) is 5.95 Å². The molecule has 1 atom stereocenters. The molecule has 0 bridgehead atoms. The van der Waals surface area contributed by atoms with Crippen LogP contribution in [-0.2, 0) is 20.1 Å². The largest absolute Gasteiger partial charge is 0.341 e. The molecule has 0 amide bonds. The van der Waals surface area contributed by atoms with Crippen molar-refractivity contribution in [3.63, 3.8) is 0 Å². The highest BCUT2D eigenvalue weighted by Gasteiger charge is 2.26. The molecule has 0 saturated carbocycles. The van der Waals surface area contributed by atoms with E-state index in [4.69, 9.17) is 22.3 Å². The molecule has 9 nitrogen and oxygen atoms in total. The Hall–Kier alpha value is -3.13. The van der Waals surface area contributed by atoms with Crippen LogP contribution in [0.4, 0.5) is 5.95 Å². The molecular weight excluding hydrogens is 474 g/mol. The fourth-order valence-electron chi connectivity index (χ4n) is 4.39. The van der Waals surface area contributed by atoms with E-state index in [9.17, 15) is 9.59 Å². The molecule has 0 aliphatic carbocycles. The lowest BCUT2D eigenvalue weighted by Crippen LogP contribution is -2.44. The molecule has 11 heteroatoms. The van der Waals surface area contributed by atoms with Crippen LogP contribution in [0.3, 0.4) is 0 Å². The zero-order valence-corrected chi connectivity index (χ0v) is 20.5. The van der Waals surface area contributed by atoms with Crippen molar-refractivity contribution in [2.75, 3.05) is 18.0 Å². The highest BCUT2D eigenvalue weighted by molar-refractivity contribution is 7.18. The maximum absolute atomic E-state index is 13.7. The molecule has 4 heterocycles. The van der Waals surface area contributed by atoms with Crippen molar-refractivity contribution in [1.82, 2.24) is 23.7 Å². The third-order valence-corrected chi connectivity index (χ3v) is 7.31. The fraction of sp³-hybridized carbons (Fsp3) is 0.391. The Balaban J connectivity index is 1.67. The normalized spacial score (nSPS) is 16.2. The zero-order chi connectivity index (χ0) is 24.0. The van der Waals surface area contributed by atoms with Gasteiger partial charge in [-0.25, -0.2) is 9.78 Å². The first-order chi connectivity index (χ1) is 16.4. The number of nitrogens with zero attached hydrogens (tertiary/aromatic N) is 6. The number of piperidine rings is 1. The van der Waals surface area contributed by atoms with Gasteiger partial charge >= 0.3 is 5.69 Å². The summed E-state index contributed by atoms with van der Waals surface area (Å²) >= 11 is 7.51. The minimum Gasteiger partial charge on any atom is -0.341 e. The van der Waals surface area contributed by atoms with Crippen LogP contribution in [0.25, 0.3) is 21.4 Å². The maximum Gasteiger partial charge on any atom is 0.332 e. The number of benzene rings is 1. The van der Waals surface area contributed by atoms with E-state index in [0.717, 1.165) is 29.6 Å². The lowest BCUT2D eigenvalue weighted by atomic mass is 10.1. The van der Waals surface area contributed by atoms with Crippen molar-refractivity contribution >= 4 is 50.3 Å². The second kappa shape index (κ2) is 8.91. The van der Waals surface area contributed by atoms with Crippen molar-refractivity contribution in [1.29, 1.82) is 0 Å². The molecule has 0 spiro atoms. The van der Waals surface area contributed by atoms with Crippen molar-refractivity contribution < 1.29 is 0 Å². The maximum atomic E-state index is 13.7. The Labute approximate surface area is 204 Å². The number of hydrogen-bond donors (Lipinski definition) is 1. The molecule has 1 unspecified atom stereocenters. The first-order valence-corrected chi connectivity index (χ1v) is 12.2. The van der Waals surface area contributed by atoms with Crippen LogP contribution in [0.1, 0.15) is 24.8 Å². The number of rotatable bonds is 4. The highest BCUT2D eigenvalue weighted by Crippen LogP contribution is 2.26. The van der Waals surface area contributed by atoms with E-state index in [1.165, 1.54) is 20.5 Å². The summed E-state index contributed by atoms with van der Waals surface area (Å²) in [4.78, 5) is 38.3. The minimum atomic E-state index is -0.442. The molecule has 1 aliphatic rings. The van der Waals surface area contributed by atoms with Crippen LogP contribution in [0.2, 0.25) is 5.02 Å². The number of hydrogen-bond acceptors (Lipinski definition) is 7. The van der Waals surface area contributed by atoms with Crippen LogP contribution >= 0.6 is 22.9 Å². The number of imidazole rings is 1. The summed E-state index contributed by atoms with van der Waals surface area (Å²) in [5.74, 6) is 6.55. The van der Waals surface area contributed by atoms with Gasteiger partial charge in [-0.2, -0.15) is 4.98 Å². The van der Waals surface area contributed by atoms with Gasteiger partial charge in [-0.15, -0.1) is 17.3 Å². The van der Waals surface area contributed by atoms with E-state index < -0.39 is 11.2 Å². The number of anilines is 1. The van der Waals surface area contributed by atoms with E-state index in [0.29, 0.717) is 40.2 Å². The lowest BCUT2D eigenvalue weighted by molar-refractivity contribution is 0.496. The smallest absolute Gasteiger partial charge is 0.332 e. The van der Waals surface area contributed by atoms with Gasteiger partial charge in [0.1, 0.15) is 5.01 Å². The van der Waals surface area contributed by atoms with Gasteiger partial charge in [0.25, 0.3) is 5.56 Å². The van der Waals surface area contributed by atoms with Crippen LogP contribution in [-0.4, -0.2) is 42.8 Å². The highest BCUT2D eigenvalue weighted by atomic mass is 35.5. The fourth-order valence-corrected chi connectivity index (χ4v) is 5.49. The van der Waals surface area contributed by atoms with Gasteiger partial charge in [0.05, 0.1) is 23.3 Å². The topological polar surface area (TPSA) is 104 Å². The van der Waals surface area contributed by atoms with Crippen molar-refractivity contribution in [3.8, 4) is 11.8 Å². The lowest BCUT2D eigenvalue weighted by Gasteiger charge is -2.31. The van der Waals surface area contributed by atoms with Crippen LogP contribution in [0.5, 0.6) is 0 Å². The Kier molecular flexibility index (Phi) is 5.93. The Bertz CT molecular complexity index is 1590. The third-order valence-electron chi connectivity index (χ3n) is 6.05. The quantitative estimate of drug-likeness (QED) is 0.433. The van der Waals surface area contributed by atoms with Gasteiger partial charge in [-0.1, -0.05) is 17.5 Å². The molecule has 1 aliphatic heterocycles. The molecule has 176 valence electrons. The van der Waals surface area contributed by atoms with E-state index in [-0.39, 0.29) is 12.6 Å².